The van der Waals surface area contributed by atoms with Crippen molar-refractivity contribution in [2.45, 2.75) is 17.2 Å². The zero-order valence-electron chi connectivity index (χ0n) is 13.6. The standard InChI is InChI=1S/C16H20N2O3S2.ClH/c1-12-7-10-22-16(12)23(19,20)18-9-8-17-11-14(18)13-5-3-4-6-15(13)21-2;/h3-7,10,14,17H,8-9,11H2,1-2H3;1H. The van der Waals surface area contributed by atoms with Crippen molar-refractivity contribution >= 4 is 33.8 Å². The first-order valence-corrected chi connectivity index (χ1v) is 9.77. The van der Waals surface area contributed by atoms with Crippen LogP contribution in [-0.4, -0.2) is 39.5 Å². The number of nitrogens with one attached hydrogen (secondary N) is 1. The van der Waals surface area contributed by atoms with Gasteiger partial charge in [-0.15, -0.1) is 23.7 Å². The van der Waals surface area contributed by atoms with Crippen LogP contribution in [0.25, 0.3) is 0 Å². The molecule has 1 aliphatic heterocycles. The van der Waals surface area contributed by atoms with Crippen LogP contribution >= 0.6 is 23.7 Å². The molecule has 1 fully saturated rings. The first-order valence-electron chi connectivity index (χ1n) is 7.45. The zero-order chi connectivity index (χ0) is 16.4. The van der Waals surface area contributed by atoms with Crippen molar-refractivity contribution in [2.24, 2.45) is 0 Å². The molecule has 2 aromatic rings. The predicted octanol–water partition coefficient (Wildman–Crippen LogP) is 2.82. The van der Waals surface area contributed by atoms with Gasteiger partial charge in [0, 0.05) is 25.2 Å². The van der Waals surface area contributed by atoms with Crippen LogP contribution in [0.5, 0.6) is 5.75 Å². The largest absolute Gasteiger partial charge is 0.496 e. The van der Waals surface area contributed by atoms with Crippen LogP contribution in [0.1, 0.15) is 17.2 Å². The molecule has 0 saturated carbocycles. The number of para-hydroxylation sites is 1. The third-order valence-corrected chi connectivity index (χ3v) is 7.62. The SMILES string of the molecule is COc1ccccc1C1CNCCN1S(=O)(=O)c1sccc1C.Cl. The molecule has 2 heterocycles. The molecule has 0 bridgehead atoms. The minimum absolute atomic E-state index is 0. The Hall–Kier alpha value is -1.12. The van der Waals surface area contributed by atoms with E-state index in [1.165, 1.54) is 11.3 Å². The number of ether oxygens (including phenoxy) is 1. The quantitative estimate of drug-likeness (QED) is 0.874. The Morgan fingerprint density at radius 3 is 2.71 bits per heavy atom. The summed E-state index contributed by atoms with van der Waals surface area (Å²) in [7, 11) is -1.91. The van der Waals surface area contributed by atoms with Gasteiger partial charge in [-0.2, -0.15) is 4.31 Å². The number of benzene rings is 1. The highest BCUT2D eigenvalue weighted by Crippen LogP contribution is 2.35. The van der Waals surface area contributed by atoms with E-state index in [0.29, 0.717) is 29.6 Å². The van der Waals surface area contributed by atoms with Crippen LogP contribution in [-0.2, 0) is 10.0 Å². The van der Waals surface area contributed by atoms with Gasteiger partial charge in [0.1, 0.15) is 9.96 Å². The highest BCUT2D eigenvalue weighted by molar-refractivity contribution is 7.91. The van der Waals surface area contributed by atoms with Gasteiger partial charge in [-0.1, -0.05) is 18.2 Å². The maximum atomic E-state index is 13.1. The number of hydrogen-bond donors (Lipinski definition) is 1. The third-order valence-electron chi connectivity index (χ3n) is 4.05. The molecule has 0 amide bonds. The molecular formula is C16H21ClN2O3S2. The second kappa shape index (κ2) is 7.84. The lowest BCUT2D eigenvalue weighted by atomic mass is 10.0. The summed E-state index contributed by atoms with van der Waals surface area (Å²) in [5, 5.41) is 5.11. The summed E-state index contributed by atoms with van der Waals surface area (Å²) < 4.78 is 33.7. The van der Waals surface area contributed by atoms with Crippen molar-refractivity contribution < 1.29 is 13.2 Å². The maximum Gasteiger partial charge on any atom is 0.253 e. The van der Waals surface area contributed by atoms with Crippen molar-refractivity contribution in [3.05, 3.63) is 46.8 Å². The average molecular weight is 389 g/mol. The number of piperazine rings is 1. The average Bonchev–Trinajstić information content (AvgIpc) is 3.01. The van der Waals surface area contributed by atoms with E-state index < -0.39 is 10.0 Å². The molecule has 0 spiro atoms. The summed E-state index contributed by atoms with van der Waals surface area (Å²) in [6, 6.07) is 9.17. The Morgan fingerprint density at radius 2 is 2.04 bits per heavy atom. The van der Waals surface area contributed by atoms with Crippen LogP contribution in [0.4, 0.5) is 0 Å². The van der Waals surface area contributed by atoms with Gasteiger partial charge in [0.15, 0.2) is 0 Å². The number of sulfonamides is 1. The van der Waals surface area contributed by atoms with Crippen molar-refractivity contribution in [1.29, 1.82) is 0 Å². The smallest absolute Gasteiger partial charge is 0.253 e. The Morgan fingerprint density at radius 1 is 1.29 bits per heavy atom. The number of aryl methyl sites for hydroxylation is 1. The van der Waals surface area contributed by atoms with Gasteiger partial charge in [0.2, 0.25) is 0 Å². The summed E-state index contributed by atoms with van der Waals surface area (Å²) >= 11 is 1.28. The van der Waals surface area contributed by atoms with Gasteiger partial charge >= 0.3 is 0 Å². The van der Waals surface area contributed by atoms with Crippen molar-refractivity contribution in [3.63, 3.8) is 0 Å². The monoisotopic (exact) mass is 388 g/mol. The molecule has 3 rings (SSSR count). The summed E-state index contributed by atoms with van der Waals surface area (Å²) in [6.07, 6.45) is 0. The number of thiophene rings is 1. The lowest BCUT2D eigenvalue weighted by molar-refractivity contribution is 0.265. The first kappa shape index (κ1) is 19.2. The van der Waals surface area contributed by atoms with Crippen molar-refractivity contribution in [3.8, 4) is 5.75 Å². The molecule has 1 aromatic carbocycles. The summed E-state index contributed by atoms with van der Waals surface area (Å²) in [6.45, 7) is 3.51. The molecule has 1 unspecified atom stereocenters. The molecule has 5 nitrogen and oxygen atoms in total. The van der Waals surface area contributed by atoms with Crippen LogP contribution in [0.3, 0.4) is 0 Å². The van der Waals surface area contributed by atoms with E-state index in [1.807, 2.05) is 42.6 Å². The number of hydrogen-bond acceptors (Lipinski definition) is 5. The lowest BCUT2D eigenvalue weighted by Crippen LogP contribution is -2.48. The van der Waals surface area contributed by atoms with Crippen LogP contribution < -0.4 is 10.1 Å². The van der Waals surface area contributed by atoms with Gasteiger partial charge in [-0.3, -0.25) is 0 Å². The van der Waals surface area contributed by atoms with Crippen LogP contribution in [0, 0.1) is 6.92 Å². The summed E-state index contributed by atoms with van der Waals surface area (Å²) in [5.74, 6) is 0.712. The van der Waals surface area contributed by atoms with E-state index in [9.17, 15) is 8.42 Å². The molecule has 8 heteroatoms. The molecular weight excluding hydrogens is 368 g/mol. The first-order chi connectivity index (χ1) is 11.1. The normalized spacial score (nSPS) is 18.8. The minimum Gasteiger partial charge on any atom is -0.496 e. The van der Waals surface area contributed by atoms with E-state index in [2.05, 4.69) is 5.32 Å². The number of halogens is 1. The van der Waals surface area contributed by atoms with Crippen molar-refractivity contribution in [2.75, 3.05) is 26.7 Å². The van der Waals surface area contributed by atoms with Crippen LogP contribution in [0.15, 0.2) is 39.9 Å². The highest BCUT2D eigenvalue weighted by Gasteiger charge is 2.36. The molecule has 1 aliphatic rings. The molecule has 0 radical (unpaired) electrons. The molecule has 132 valence electrons. The van der Waals surface area contributed by atoms with Crippen LogP contribution in [0.2, 0.25) is 0 Å². The fourth-order valence-electron chi connectivity index (χ4n) is 2.91. The number of rotatable bonds is 4. The second-order valence-electron chi connectivity index (χ2n) is 5.47. The van der Waals surface area contributed by atoms with Gasteiger partial charge in [0.05, 0.1) is 13.2 Å². The third kappa shape index (κ3) is 3.45. The van der Waals surface area contributed by atoms with E-state index in [-0.39, 0.29) is 18.4 Å². The molecule has 0 aliphatic carbocycles. The van der Waals surface area contributed by atoms with Gasteiger partial charge in [-0.05, 0) is 30.0 Å². The number of methoxy groups -OCH3 is 1. The lowest BCUT2D eigenvalue weighted by Gasteiger charge is -2.35. The summed E-state index contributed by atoms with van der Waals surface area (Å²) in [4.78, 5) is 0. The predicted molar refractivity (Wildman–Crippen MR) is 98.8 cm³/mol. The fourth-order valence-corrected chi connectivity index (χ4v) is 6.04. The highest BCUT2D eigenvalue weighted by atomic mass is 35.5. The molecule has 1 atom stereocenters. The number of nitrogens with zero attached hydrogens (tertiary/aromatic N) is 1. The maximum absolute atomic E-state index is 13.1. The second-order valence-corrected chi connectivity index (χ2v) is 8.47. The van der Waals surface area contributed by atoms with E-state index in [0.717, 1.165) is 11.1 Å². The van der Waals surface area contributed by atoms with E-state index in [1.54, 1.807) is 11.4 Å². The Balaban J connectivity index is 0.00000208. The molecule has 1 N–H and O–H groups in total. The van der Waals surface area contributed by atoms with E-state index in [4.69, 9.17) is 4.74 Å². The zero-order valence-corrected chi connectivity index (χ0v) is 16.0. The Labute approximate surface area is 153 Å². The van der Waals surface area contributed by atoms with Gasteiger partial charge in [0.25, 0.3) is 10.0 Å². The summed E-state index contributed by atoms with van der Waals surface area (Å²) in [5.41, 5.74) is 1.69. The van der Waals surface area contributed by atoms with Gasteiger partial charge in [-0.25, -0.2) is 8.42 Å². The fraction of sp³-hybridized carbons (Fsp3) is 0.375. The molecule has 1 aromatic heterocycles. The Kier molecular flexibility index (Phi) is 6.28. The topological polar surface area (TPSA) is 58.6 Å². The van der Waals surface area contributed by atoms with Crippen molar-refractivity contribution in [1.82, 2.24) is 9.62 Å². The molecule has 24 heavy (non-hydrogen) atoms. The Bertz CT molecular complexity index is 792. The molecule has 1 saturated heterocycles. The van der Waals surface area contributed by atoms with Gasteiger partial charge < -0.3 is 10.1 Å². The van der Waals surface area contributed by atoms with E-state index >= 15 is 0 Å². The minimum atomic E-state index is -3.52.